The van der Waals surface area contributed by atoms with Gasteiger partial charge in [0.1, 0.15) is 11.3 Å². The molecule has 2 N–H and O–H groups in total. The summed E-state index contributed by atoms with van der Waals surface area (Å²) in [5.74, 6) is 0.127. The maximum Gasteiger partial charge on any atom is 0.278 e. The summed E-state index contributed by atoms with van der Waals surface area (Å²) < 4.78 is 1.87. The quantitative estimate of drug-likeness (QED) is 0.715. The van der Waals surface area contributed by atoms with E-state index < -0.39 is 0 Å². The van der Waals surface area contributed by atoms with Crippen LogP contribution in [-0.4, -0.2) is 25.3 Å². The first-order chi connectivity index (χ1) is 8.74. The molecule has 0 atom stereocenters. The third-order valence-electron chi connectivity index (χ3n) is 2.66. The monoisotopic (exact) mass is 241 g/mol. The summed E-state index contributed by atoms with van der Waals surface area (Å²) in [4.78, 5) is 22.9. The molecule has 3 aromatic rings. The number of amides is 1. The van der Waals surface area contributed by atoms with Crippen LogP contribution in [0, 0.1) is 6.92 Å². The predicted octanol–water partition coefficient (Wildman–Crippen LogP) is 1.62. The van der Waals surface area contributed by atoms with Gasteiger partial charge in [-0.05, 0) is 19.1 Å². The second-order valence-corrected chi connectivity index (χ2v) is 3.91. The molecule has 1 amide bonds. The molecule has 0 bridgehead atoms. The Labute approximate surface area is 103 Å². The van der Waals surface area contributed by atoms with E-state index >= 15 is 0 Å². The van der Waals surface area contributed by atoms with Crippen molar-refractivity contribution >= 4 is 17.5 Å². The molecule has 0 aliphatic heterocycles. The number of hydrogen-bond donors (Lipinski definition) is 2. The molecule has 0 aliphatic rings. The molecule has 0 saturated carbocycles. The van der Waals surface area contributed by atoms with Crippen LogP contribution in [0.1, 0.15) is 16.2 Å². The van der Waals surface area contributed by atoms with E-state index in [1.54, 1.807) is 18.6 Å². The minimum atomic E-state index is -0.284. The van der Waals surface area contributed by atoms with Crippen LogP contribution in [0.25, 0.3) is 5.65 Å². The first-order valence-corrected chi connectivity index (χ1v) is 5.49. The van der Waals surface area contributed by atoms with Crippen LogP contribution in [0.2, 0.25) is 0 Å². The van der Waals surface area contributed by atoms with Crippen molar-refractivity contribution in [1.82, 2.24) is 19.4 Å². The number of anilines is 1. The third kappa shape index (κ3) is 1.73. The van der Waals surface area contributed by atoms with Crippen molar-refractivity contribution in [2.45, 2.75) is 6.92 Å². The zero-order valence-electron chi connectivity index (χ0n) is 9.71. The molecule has 6 heteroatoms. The van der Waals surface area contributed by atoms with Gasteiger partial charge in [-0.2, -0.15) is 0 Å². The number of carbonyl (C=O) groups excluding carboxylic acids is 1. The lowest BCUT2D eigenvalue weighted by Crippen LogP contribution is -2.13. The molecule has 90 valence electrons. The van der Waals surface area contributed by atoms with Crippen LogP contribution >= 0.6 is 0 Å². The molecular formula is C12H11N5O. The standard InChI is InChI=1S/C12H11N5O/c1-8-3-2-4-10-15-9(7-17(8)10)11(18)16-12-13-5-6-14-12/h2-7H,1H3,(H2,13,14,16,18). The summed E-state index contributed by atoms with van der Waals surface area (Å²) in [6, 6.07) is 5.73. The lowest BCUT2D eigenvalue weighted by molar-refractivity contribution is 0.102. The van der Waals surface area contributed by atoms with Crippen LogP contribution in [-0.2, 0) is 0 Å². The fourth-order valence-electron chi connectivity index (χ4n) is 1.76. The van der Waals surface area contributed by atoms with E-state index in [0.717, 1.165) is 11.3 Å². The van der Waals surface area contributed by atoms with E-state index in [4.69, 9.17) is 0 Å². The van der Waals surface area contributed by atoms with Crippen LogP contribution in [0.4, 0.5) is 5.95 Å². The highest BCUT2D eigenvalue weighted by Gasteiger charge is 2.12. The van der Waals surface area contributed by atoms with Crippen LogP contribution in [0.3, 0.4) is 0 Å². The molecule has 3 aromatic heterocycles. The third-order valence-corrected chi connectivity index (χ3v) is 2.66. The molecule has 6 nitrogen and oxygen atoms in total. The Morgan fingerprint density at radius 1 is 1.44 bits per heavy atom. The van der Waals surface area contributed by atoms with Crippen molar-refractivity contribution in [2.24, 2.45) is 0 Å². The van der Waals surface area contributed by atoms with Crippen molar-refractivity contribution in [3.8, 4) is 0 Å². The van der Waals surface area contributed by atoms with Crippen molar-refractivity contribution in [3.05, 3.63) is 48.2 Å². The first-order valence-electron chi connectivity index (χ1n) is 5.49. The zero-order valence-corrected chi connectivity index (χ0v) is 9.71. The Bertz CT molecular complexity index is 698. The van der Waals surface area contributed by atoms with Gasteiger partial charge in [0.25, 0.3) is 5.91 Å². The number of aryl methyl sites for hydroxylation is 1. The van der Waals surface area contributed by atoms with Gasteiger partial charge < -0.3 is 9.38 Å². The summed E-state index contributed by atoms with van der Waals surface area (Å²) >= 11 is 0. The van der Waals surface area contributed by atoms with Gasteiger partial charge in [-0.25, -0.2) is 9.97 Å². The molecule has 0 aromatic carbocycles. The van der Waals surface area contributed by atoms with E-state index in [-0.39, 0.29) is 5.91 Å². The maximum atomic E-state index is 11.9. The number of aromatic nitrogens is 4. The summed E-state index contributed by atoms with van der Waals surface area (Å²) in [6.45, 7) is 1.96. The number of nitrogens with zero attached hydrogens (tertiary/aromatic N) is 3. The number of hydrogen-bond acceptors (Lipinski definition) is 3. The van der Waals surface area contributed by atoms with Gasteiger partial charge in [-0.1, -0.05) is 6.07 Å². The van der Waals surface area contributed by atoms with E-state index in [0.29, 0.717) is 11.6 Å². The largest absolute Gasteiger partial charge is 0.331 e. The smallest absolute Gasteiger partial charge is 0.278 e. The van der Waals surface area contributed by atoms with Gasteiger partial charge in [-0.15, -0.1) is 0 Å². The number of imidazole rings is 2. The minimum absolute atomic E-state index is 0.284. The molecule has 0 fully saturated rings. The molecule has 0 aliphatic carbocycles. The molecule has 3 heterocycles. The fourth-order valence-corrected chi connectivity index (χ4v) is 1.76. The highest BCUT2D eigenvalue weighted by atomic mass is 16.2. The topological polar surface area (TPSA) is 75.1 Å². The molecular weight excluding hydrogens is 230 g/mol. The fraction of sp³-hybridized carbons (Fsp3) is 0.0833. The number of aromatic amines is 1. The van der Waals surface area contributed by atoms with E-state index in [1.165, 1.54) is 0 Å². The molecule has 18 heavy (non-hydrogen) atoms. The summed E-state index contributed by atoms with van der Waals surface area (Å²) in [5.41, 5.74) is 2.14. The number of rotatable bonds is 2. The summed E-state index contributed by atoms with van der Waals surface area (Å²) in [7, 11) is 0. The SMILES string of the molecule is Cc1cccc2nc(C(=O)Nc3ncc[nH]3)cn12. The Kier molecular flexibility index (Phi) is 2.33. The van der Waals surface area contributed by atoms with Gasteiger partial charge in [0, 0.05) is 24.3 Å². The Balaban J connectivity index is 1.94. The highest BCUT2D eigenvalue weighted by Crippen LogP contribution is 2.09. The molecule has 3 rings (SSSR count). The van der Waals surface area contributed by atoms with E-state index in [9.17, 15) is 4.79 Å². The van der Waals surface area contributed by atoms with Crippen molar-refractivity contribution in [2.75, 3.05) is 5.32 Å². The van der Waals surface area contributed by atoms with Crippen molar-refractivity contribution in [1.29, 1.82) is 0 Å². The molecule has 0 unspecified atom stereocenters. The number of nitrogens with one attached hydrogen (secondary N) is 2. The van der Waals surface area contributed by atoms with E-state index in [1.807, 2.05) is 29.5 Å². The highest BCUT2D eigenvalue weighted by molar-refractivity contribution is 6.02. The van der Waals surface area contributed by atoms with Crippen LogP contribution in [0.5, 0.6) is 0 Å². The molecule has 0 saturated heterocycles. The molecule has 0 radical (unpaired) electrons. The second kappa shape index (κ2) is 3.99. The van der Waals surface area contributed by atoms with Gasteiger partial charge in [0.15, 0.2) is 0 Å². The average molecular weight is 241 g/mol. The zero-order chi connectivity index (χ0) is 12.5. The lowest BCUT2D eigenvalue weighted by atomic mass is 10.4. The van der Waals surface area contributed by atoms with Crippen LogP contribution < -0.4 is 5.32 Å². The minimum Gasteiger partial charge on any atom is -0.331 e. The number of fused-ring (bicyclic) bond motifs is 1. The summed E-state index contributed by atoms with van der Waals surface area (Å²) in [6.07, 6.45) is 4.93. The average Bonchev–Trinajstić information content (AvgIpc) is 2.97. The summed E-state index contributed by atoms with van der Waals surface area (Å²) in [5, 5.41) is 2.64. The van der Waals surface area contributed by atoms with Gasteiger partial charge in [0.2, 0.25) is 5.95 Å². The van der Waals surface area contributed by atoms with E-state index in [2.05, 4.69) is 20.3 Å². The number of pyridine rings is 1. The molecule has 0 spiro atoms. The Morgan fingerprint density at radius 2 is 2.33 bits per heavy atom. The number of H-pyrrole nitrogens is 1. The Morgan fingerprint density at radius 3 is 3.06 bits per heavy atom. The van der Waals surface area contributed by atoms with Gasteiger partial charge in [-0.3, -0.25) is 10.1 Å². The first kappa shape index (κ1) is 10.5. The predicted molar refractivity (Wildman–Crippen MR) is 66.5 cm³/mol. The van der Waals surface area contributed by atoms with Crippen molar-refractivity contribution < 1.29 is 4.79 Å². The number of carbonyl (C=O) groups is 1. The lowest BCUT2D eigenvalue weighted by Gasteiger charge is -1.97. The van der Waals surface area contributed by atoms with Crippen molar-refractivity contribution in [3.63, 3.8) is 0 Å². The normalized spacial score (nSPS) is 10.7. The van der Waals surface area contributed by atoms with Gasteiger partial charge >= 0.3 is 0 Å². The van der Waals surface area contributed by atoms with Gasteiger partial charge in [0.05, 0.1) is 0 Å². The maximum absolute atomic E-state index is 11.9. The van der Waals surface area contributed by atoms with Crippen LogP contribution in [0.15, 0.2) is 36.8 Å². The second-order valence-electron chi connectivity index (χ2n) is 3.91. The Hall–Kier alpha value is -2.63.